The van der Waals surface area contributed by atoms with E-state index in [2.05, 4.69) is 28.9 Å². The molecule has 1 aliphatic carbocycles. The van der Waals surface area contributed by atoms with Crippen molar-refractivity contribution in [1.29, 1.82) is 5.26 Å². The lowest BCUT2D eigenvalue weighted by Gasteiger charge is -2.27. The van der Waals surface area contributed by atoms with E-state index in [0.717, 1.165) is 35.0 Å². The van der Waals surface area contributed by atoms with Crippen molar-refractivity contribution >= 4 is 27.3 Å². The lowest BCUT2D eigenvalue weighted by atomic mass is 9.80. The van der Waals surface area contributed by atoms with Gasteiger partial charge in [-0.2, -0.15) is 5.26 Å². The van der Waals surface area contributed by atoms with E-state index in [0.29, 0.717) is 5.92 Å². The Morgan fingerprint density at radius 1 is 1.76 bits per heavy atom. The third-order valence-corrected chi connectivity index (χ3v) is 5.79. The van der Waals surface area contributed by atoms with E-state index in [1.165, 1.54) is 11.3 Å². The van der Waals surface area contributed by atoms with Crippen molar-refractivity contribution in [1.82, 2.24) is 0 Å². The first-order chi connectivity index (χ1) is 8.13. The largest absolute Gasteiger partial charge is 0.386 e. The predicted molar refractivity (Wildman–Crippen MR) is 72.7 cm³/mol. The highest BCUT2D eigenvalue weighted by atomic mass is 79.9. The molecule has 17 heavy (non-hydrogen) atoms. The van der Waals surface area contributed by atoms with Crippen LogP contribution in [0, 0.1) is 22.7 Å². The summed E-state index contributed by atoms with van der Waals surface area (Å²) in [6.07, 6.45) is 3.14. The number of aliphatic hydroxyl groups is 1. The normalized spacial score (nSPS) is 30.1. The molecule has 2 rings (SSSR count). The summed E-state index contributed by atoms with van der Waals surface area (Å²) in [5.74, 6) is 0.586. The first-order valence-electron chi connectivity index (χ1n) is 5.95. The maximum Gasteiger partial charge on any atom is 0.108 e. The van der Waals surface area contributed by atoms with Crippen molar-refractivity contribution in [3.63, 3.8) is 0 Å². The van der Waals surface area contributed by atoms with Crippen LogP contribution in [0.15, 0.2) is 15.9 Å². The Morgan fingerprint density at radius 3 is 3.00 bits per heavy atom. The van der Waals surface area contributed by atoms with E-state index >= 15 is 0 Å². The molecule has 0 aromatic carbocycles. The summed E-state index contributed by atoms with van der Waals surface area (Å²) in [4.78, 5) is 0.892. The van der Waals surface area contributed by atoms with Crippen molar-refractivity contribution in [2.45, 2.75) is 38.7 Å². The number of halogens is 1. The fourth-order valence-electron chi connectivity index (χ4n) is 2.69. The smallest absolute Gasteiger partial charge is 0.108 e. The highest BCUT2D eigenvalue weighted by Gasteiger charge is 2.46. The minimum Gasteiger partial charge on any atom is -0.386 e. The van der Waals surface area contributed by atoms with Gasteiger partial charge in [0.15, 0.2) is 0 Å². The Morgan fingerprint density at radius 2 is 2.53 bits per heavy atom. The zero-order valence-electron chi connectivity index (χ0n) is 9.82. The van der Waals surface area contributed by atoms with Crippen LogP contribution in [0.25, 0.3) is 0 Å². The molecule has 92 valence electrons. The van der Waals surface area contributed by atoms with Crippen LogP contribution in [-0.4, -0.2) is 5.11 Å². The average molecular weight is 314 g/mol. The van der Waals surface area contributed by atoms with Gasteiger partial charge in [0.25, 0.3) is 0 Å². The third kappa shape index (κ3) is 2.29. The second-order valence-electron chi connectivity index (χ2n) is 4.82. The van der Waals surface area contributed by atoms with Gasteiger partial charge < -0.3 is 5.11 Å². The first kappa shape index (κ1) is 13.1. The van der Waals surface area contributed by atoms with Gasteiger partial charge in [0.1, 0.15) is 6.10 Å². The Hall–Kier alpha value is -0.370. The molecule has 0 saturated heterocycles. The summed E-state index contributed by atoms with van der Waals surface area (Å²) in [5.41, 5.74) is -0.575. The average Bonchev–Trinajstić information content (AvgIpc) is 2.95. The molecule has 0 bridgehead atoms. The van der Waals surface area contributed by atoms with Gasteiger partial charge in [-0.05, 0) is 52.6 Å². The molecule has 0 amide bonds. The Bertz CT molecular complexity index is 439. The zero-order chi connectivity index (χ0) is 12.5. The van der Waals surface area contributed by atoms with Gasteiger partial charge in [-0.15, -0.1) is 11.3 Å². The van der Waals surface area contributed by atoms with Gasteiger partial charge >= 0.3 is 0 Å². The Balaban J connectivity index is 2.26. The highest BCUT2D eigenvalue weighted by molar-refractivity contribution is 9.10. The number of hydrogen-bond donors (Lipinski definition) is 1. The number of aliphatic hydroxyl groups excluding tert-OH is 1. The van der Waals surface area contributed by atoms with E-state index in [4.69, 9.17) is 0 Å². The minimum absolute atomic E-state index is 0.575. The molecule has 3 unspecified atom stereocenters. The summed E-state index contributed by atoms with van der Waals surface area (Å²) in [5, 5.41) is 21.9. The summed E-state index contributed by atoms with van der Waals surface area (Å²) < 4.78 is 0.921. The van der Waals surface area contributed by atoms with E-state index in [-0.39, 0.29) is 0 Å². The second-order valence-corrected chi connectivity index (χ2v) is 6.62. The topological polar surface area (TPSA) is 44.0 Å². The van der Waals surface area contributed by atoms with Crippen molar-refractivity contribution in [2.24, 2.45) is 11.3 Å². The number of nitriles is 1. The molecule has 2 nitrogen and oxygen atoms in total. The van der Waals surface area contributed by atoms with Gasteiger partial charge in [0.05, 0.1) is 11.5 Å². The summed E-state index contributed by atoms with van der Waals surface area (Å²) in [6.45, 7) is 2.16. The van der Waals surface area contributed by atoms with Crippen LogP contribution in [0.5, 0.6) is 0 Å². The van der Waals surface area contributed by atoms with Gasteiger partial charge in [0.2, 0.25) is 0 Å². The number of hydrogen-bond acceptors (Lipinski definition) is 3. The zero-order valence-corrected chi connectivity index (χ0v) is 12.2. The summed E-state index contributed by atoms with van der Waals surface area (Å²) >= 11 is 4.96. The molecule has 3 atom stereocenters. The molecule has 0 radical (unpaired) electrons. The van der Waals surface area contributed by atoms with Gasteiger partial charge in [-0.1, -0.05) is 13.3 Å². The minimum atomic E-state index is -0.654. The van der Waals surface area contributed by atoms with Crippen LogP contribution in [0.2, 0.25) is 0 Å². The van der Waals surface area contributed by atoms with E-state index in [1.54, 1.807) is 0 Å². The van der Waals surface area contributed by atoms with Crippen molar-refractivity contribution in [3.05, 3.63) is 20.8 Å². The molecule has 1 fully saturated rings. The van der Waals surface area contributed by atoms with Gasteiger partial charge in [-0.3, -0.25) is 0 Å². The van der Waals surface area contributed by atoms with Crippen LogP contribution in [0.4, 0.5) is 0 Å². The molecule has 0 spiro atoms. The summed E-state index contributed by atoms with van der Waals surface area (Å²) in [6, 6.07) is 4.32. The quantitative estimate of drug-likeness (QED) is 0.905. The lowest BCUT2D eigenvalue weighted by molar-refractivity contribution is 0.0666. The Labute approximate surface area is 114 Å². The van der Waals surface area contributed by atoms with E-state index < -0.39 is 11.5 Å². The molecule has 1 aromatic heterocycles. The predicted octanol–water partition coefficient (Wildman–Crippen LogP) is 4.26. The highest BCUT2D eigenvalue weighted by Crippen LogP contribution is 2.52. The Kier molecular flexibility index (Phi) is 3.92. The number of rotatable bonds is 3. The summed E-state index contributed by atoms with van der Waals surface area (Å²) in [7, 11) is 0. The SMILES string of the molecule is CCC1CCC(C#N)(C(O)c2sccc2Br)C1. The van der Waals surface area contributed by atoms with Crippen LogP contribution in [-0.2, 0) is 0 Å². The van der Waals surface area contributed by atoms with Gasteiger partial charge in [0, 0.05) is 9.35 Å². The first-order valence-corrected chi connectivity index (χ1v) is 7.62. The molecule has 1 N–H and O–H groups in total. The third-order valence-electron chi connectivity index (χ3n) is 3.87. The molecular formula is C13H16BrNOS. The molecule has 1 heterocycles. The lowest BCUT2D eigenvalue weighted by Crippen LogP contribution is -2.24. The monoisotopic (exact) mass is 313 g/mol. The molecule has 4 heteroatoms. The second kappa shape index (κ2) is 5.09. The molecule has 1 aromatic rings. The van der Waals surface area contributed by atoms with E-state index in [9.17, 15) is 10.4 Å². The van der Waals surface area contributed by atoms with Crippen molar-refractivity contribution < 1.29 is 5.11 Å². The molecular weight excluding hydrogens is 298 g/mol. The number of thiophene rings is 1. The van der Waals surface area contributed by atoms with Crippen molar-refractivity contribution in [3.8, 4) is 6.07 Å². The number of nitrogens with zero attached hydrogens (tertiary/aromatic N) is 1. The van der Waals surface area contributed by atoms with Crippen LogP contribution < -0.4 is 0 Å². The maximum absolute atomic E-state index is 10.5. The fourth-order valence-corrected chi connectivity index (χ4v) is 4.38. The fraction of sp³-hybridized carbons (Fsp3) is 0.615. The van der Waals surface area contributed by atoms with Crippen LogP contribution in [0.3, 0.4) is 0 Å². The van der Waals surface area contributed by atoms with E-state index in [1.807, 2.05) is 11.4 Å². The molecule has 1 aliphatic rings. The van der Waals surface area contributed by atoms with Crippen LogP contribution in [0.1, 0.15) is 43.6 Å². The van der Waals surface area contributed by atoms with Crippen molar-refractivity contribution in [2.75, 3.05) is 0 Å². The van der Waals surface area contributed by atoms with Gasteiger partial charge in [-0.25, -0.2) is 0 Å². The molecule has 0 aliphatic heterocycles. The van der Waals surface area contributed by atoms with Crippen LogP contribution >= 0.6 is 27.3 Å². The maximum atomic E-state index is 10.5. The standard InChI is InChI=1S/C13H16BrNOS/c1-2-9-3-5-13(7-9,8-15)12(16)11-10(14)4-6-17-11/h4,6,9,12,16H,2-3,5,7H2,1H3. The molecule has 1 saturated carbocycles.